The van der Waals surface area contributed by atoms with Gasteiger partial charge in [-0.2, -0.15) is 0 Å². The Kier molecular flexibility index (Phi) is 8.00. The third kappa shape index (κ3) is 6.17. The molecule has 5 heteroatoms. The Morgan fingerprint density at radius 1 is 1.03 bits per heavy atom. The molecule has 0 aliphatic heterocycles. The third-order valence-electron chi connectivity index (χ3n) is 4.77. The molecule has 0 radical (unpaired) electrons. The third-order valence-corrected chi connectivity index (χ3v) is 4.77. The van der Waals surface area contributed by atoms with Crippen molar-refractivity contribution in [3.63, 3.8) is 0 Å². The molecule has 5 nitrogen and oxygen atoms in total. The van der Waals surface area contributed by atoms with Gasteiger partial charge < -0.3 is 20.8 Å². The van der Waals surface area contributed by atoms with Crippen LogP contribution in [0, 0.1) is 13.8 Å². The van der Waals surface area contributed by atoms with Crippen molar-refractivity contribution in [2.75, 3.05) is 18.5 Å². The van der Waals surface area contributed by atoms with Crippen LogP contribution in [0.1, 0.15) is 37.5 Å². The Balaban J connectivity index is 2.26. The largest absolute Gasteiger partial charge is 0.394 e. The predicted molar refractivity (Wildman–Crippen MR) is 120 cm³/mol. The molecule has 0 fully saturated rings. The average molecular weight is 397 g/mol. The summed E-state index contributed by atoms with van der Waals surface area (Å²) in [6.07, 6.45) is 1.93. The van der Waals surface area contributed by atoms with Gasteiger partial charge in [0, 0.05) is 17.3 Å². The van der Waals surface area contributed by atoms with Gasteiger partial charge in [-0.1, -0.05) is 24.3 Å². The van der Waals surface area contributed by atoms with Crippen LogP contribution >= 0.6 is 0 Å². The van der Waals surface area contributed by atoms with Gasteiger partial charge in [0.15, 0.2) is 0 Å². The summed E-state index contributed by atoms with van der Waals surface area (Å²) in [5.74, 6) is -0.0479. The molecule has 2 aromatic carbocycles. The van der Waals surface area contributed by atoms with Crippen molar-refractivity contribution in [1.29, 1.82) is 0 Å². The van der Waals surface area contributed by atoms with E-state index in [2.05, 4.69) is 29.7 Å². The molecule has 0 heterocycles. The van der Waals surface area contributed by atoms with E-state index in [1.807, 2.05) is 58.0 Å². The van der Waals surface area contributed by atoms with E-state index in [1.165, 1.54) is 0 Å². The van der Waals surface area contributed by atoms with E-state index in [-0.39, 0.29) is 31.2 Å². The zero-order valence-corrected chi connectivity index (χ0v) is 17.9. The Bertz CT molecular complexity index is 866. The highest BCUT2D eigenvalue weighted by molar-refractivity contribution is 5.97. The monoisotopic (exact) mass is 396 g/mol. The van der Waals surface area contributed by atoms with Crippen molar-refractivity contribution in [2.45, 2.75) is 46.7 Å². The van der Waals surface area contributed by atoms with Crippen molar-refractivity contribution in [2.24, 2.45) is 0 Å². The molecule has 156 valence electrons. The lowest BCUT2D eigenvalue weighted by molar-refractivity contribution is -0.117. The van der Waals surface area contributed by atoms with E-state index in [4.69, 9.17) is 0 Å². The smallest absolute Gasteiger partial charge is 0.247 e. The zero-order chi connectivity index (χ0) is 21.6. The maximum atomic E-state index is 12.2. The van der Waals surface area contributed by atoms with Gasteiger partial charge in [0.05, 0.1) is 19.3 Å². The summed E-state index contributed by atoms with van der Waals surface area (Å²) in [5, 5.41) is 24.4. The molecule has 0 unspecified atom stereocenters. The molecular weight excluding hydrogens is 364 g/mol. The highest BCUT2D eigenvalue weighted by atomic mass is 16.3. The molecule has 0 aromatic heterocycles. The number of carbonyl (C=O) groups excluding carboxylic acids is 1. The molecule has 0 bridgehead atoms. The lowest BCUT2D eigenvalue weighted by atomic mass is 9.94. The summed E-state index contributed by atoms with van der Waals surface area (Å²) in [6, 6.07) is 11.9. The van der Waals surface area contributed by atoms with Crippen molar-refractivity contribution in [3.05, 3.63) is 58.7 Å². The number of rotatable bonds is 8. The van der Waals surface area contributed by atoms with Crippen molar-refractivity contribution in [3.8, 4) is 11.1 Å². The Morgan fingerprint density at radius 3 is 2.21 bits per heavy atom. The van der Waals surface area contributed by atoms with Crippen LogP contribution in [0.4, 0.5) is 5.69 Å². The number of hydrogen-bond donors (Lipinski definition) is 4. The number of hydrogen-bond acceptors (Lipinski definition) is 4. The van der Waals surface area contributed by atoms with Gasteiger partial charge in [-0.25, -0.2) is 0 Å². The number of carbonyl (C=O) groups is 1. The maximum Gasteiger partial charge on any atom is 0.247 e. The van der Waals surface area contributed by atoms with Crippen molar-refractivity contribution >= 4 is 17.7 Å². The minimum Gasteiger partial charge on any atom is -0.394 e. The van der Waals surface area contributed by atoms with Gasteiger partial charge in [-0.05, 0) is 80.6 Å². The van der Waals surface area contributed by atoms with Crippen LogP contribution in [0.15, 0.2) is 42.0 Å². The number of benzene rings is 2. The lowest BCUT2D eigenvalue weighted by Crippen LogP contribution is -2.30. The molecule has 0 spiro atoms. The summed E-state index contributed by atoms with van der Waals surface area (Å²) in [4.78, 5) is 12.2. The Hall–Kier alpha value is -2.63. The first kappa shape index (κ1) is 22.7. The highest BCUT2D eigenvalue weighted by Gasteiger charge is 2.10. The standard InChI is InChI=1S/C24H32N2O3/c1-15(2)25-24(29)18(5)11-20-10-17(4)23(12-16(20)3)19-6-8-21(9-7-19)26-22(13-27)14-28/h6-12,15,22,26-28H,13-14H2,1-5H3,(H,25,29). The van der Waals surface area contributed by atoms with Gasteiger partial charge >= 0.3 is 0 Å². The molecule has 4 N–H and O–H groups in total. The second-order valence-corrected chi connectivity index (χ2v) is 7.76. The first-order valence-electron chi connectivity index (χ1n) is 9.94. The number of aryl methyl sites for hydroxylation is 2. The predicted octanol–water partition coefficient (Wildman–Crippen LogP) is 3.66. The van der Waals surface area contributed by atoms with E-state index in [0.717, 1.165) is 33.5 Å². The Labute approximate surface area is 173 Å². The Morgan fingerprint density at radius 2 is 1.66 bits per heavy atom. The van der Waals surface area contributed by atoms with Gasteiger partial charge in [0.2, 0.25) is 5.91 Å². The van der Waals surface area contributed by atoms with E-state index < -0.39 is 0 Å². The second-order valence-electron chi connectivity index (χ2n) is 7.76. The minimum atomic E-state index is -0.368. The fourth-order valence-electron chi connectivity index (χ4n) is 3.11. The SMILES string of the molecule is CC(=Cc1cc(C)c(-c2ccc(NC(CO)CO)cc2)cc1C)C(=O)NC(C)C. The number of anilines is 1. The van der Waals surface area contributed by atoms with E-state index in [1.54, 1.807) is 0 Å². The van der Waals surface area contributed by atoms with Crippen LogP contribution in [0.25, 0.3) is 17.2 Å². The van der Waals surface area contributed by atoms with Crippen LogP contribution in [0.2, 0.25) is 0 Å². The highest BCUT2D eigenvalue weighted by Crippen LogP contribution is 2.29. The maximum absolute atomic E-state index is 12.2. The second kappa shape index (κ2) is 10.2. The molecular formula is C24H32N2O3. The molecule has 2 aromatic rings. The molecule has 0 saturated carbocycles. The van der Waals surface area contributed by atoms with Gasteiger partial charge in [0.25, 0.3) is 0 Å². The first-order chi connectivity index (χ1) is 13.7. The molecule has 0 saturated heterocycles. The number of amides is 1. The summed E-state index contributed by atoms with van der Waals surface area (Å²) in [6.45, 7) is 9.59. The fraction of sp³-hybridized carbons (Fsp3) is 0.375. The quantitative estimate of drug-likeness (QED) is 0.513. The van der Waals surface area contributed by atoms with Gasteiger partial charge in [0.1, 0.15) is 0 Å². The van der Waals surface area contributed by atoms with Gasteiger partial charge in [-0.15, -0.1) is 0 Å². The summed E-state index contributed by atoms with van der Waals surface area (Å²) in [7, 11) is 0. The van der Waals surface area contributed by atoms with Crippen LogP contribution in [0.3, 0.4) is 0 Å². The average Bonchev–Trinajstić information content (AvgIpc) is 2.68. The molecule has 0 aliphatic carbocycles. The van der Waals surface area contributed by atoms with Crippen LogP contribution in [-0.2, 0) is 4.79 Å². The number of aliphatic hydroxyl groups is 2. The van der Waals surface area contributed by atoms with E-state index in [0.29, 0.717) is 5.57 Å². The van der Waals surface area contributed by atoms with Crippen molar-refractivity contribution < 1.29 is 15.0 Å². The summed E-state index contributed by atoms with van der Waals surface area (Å²) < 4.78 is 0. The van der Waals surface area contributed by atoms with E-state index >= 15 is 0 Å². The fourth-order valence-corrected chi connectivity index (χ4v) is 3.11. The molecule has 2 rings (SSSR count). The molecule has 1 amide bonds. The number of aliphatic hydroxyl groups excluding tert-OH is 2. The van der Waals surface area contributed by atoms with Gasteiger partial charge in [-0.3, -0.25) is 4.79 Å². The normalized spacial score (nSPS) is 11.8. The number of nitrogens with one attached hydrogen (secondary N) is 2. The minimum absolute atomic E-state index is 0.0479. The van der Waals surface area contributed by atoms with Crippen molar-refractivity contribution in [1.82, 2.24) is 5.32 Å². The molecule has 0 atom stereocenters. The zero-order valence-electron chi connectivity index (χ0n) is 17.9. The summed E-state index contributed by atoms with van der Waals surface area (Å²) in [5.41, 5.74) is 7.03. The lowest BCUT2D eigenvalue weighted by Gasteiger charge is -2.16. The van der Waals surface area contributed by atoms with Crippen LogP contribution < -0.4 is 10.6 Å². The first-order valence-corrected chi connectivity index (χ1v) is 9.94. The summed E-state index contributed by atoms with van der Waals surface area (Å²) >= 11 is 0. The van der Waals surface area contributed by atoms with E-state index in [9.17, 15) is 15.0 Å². The molecule has 29 heavy (non-hydrogen) atoms. The topological polar surface area (TPSA) is 81.6 Å². The molecule has 0 aliphatic rings. The van der Waals surface area contributed by atoms with Crippen LogP contribution in [-0.4, -0.2) is 41.4 Å². The van der Waals surface area contributed by atoms with Crippen LogP contribution in [0.5, 0.6) is 0 Å².